The first-order chi connectivity index (χ1) is 8.04. The highest BCUT2D eigenvalue weighted by atomic mass is 19.4. The summed E-state index contributed by atoms with van der Waals surface area (Å²) in [6.45, 7) is 3.18. The predicted molar refractivity (Wildman–Crippen MR) is 55.8 cm³/mol. The van der Waals surface area contributed by atoms with Crippen molar-refractivity contribution >= 4 is 5.95 Å². The lowest BCUT2D eigenvalue weighted by molar-refractivity contribution is -0.128. The fourth-order valence-corrected chi connectivity index (χ4v) is 1.74. The van der Waals surface area contributed by atoms with Crippen LogP contribution < -0.4 is 10.2 Å². The largest absolute Gasteiger partial charge is 0.396 e. The van der Waals surface area contributed by atoms with Gasteiger partial charge in [-0.15, -0.1) is 5.10 Å². The van der Waals surface area contributed by atoms with E-state index in [4.69, 9.17) is 0 Å². The van der Waals surface area contributed by atoms with Gasteiger partial charge in [-0.25, -0.2) is 0 Å². The topological polar surface area (TPSA) is 56.8 Å². The molecule has 96 valence electrons. The summed E-state index contributed by atoms with van der Waals surface area (Å²) in [5, 5.41) is 9.37. The van der Waals surface area contributed by atoms with E-state index in [1.807, 2.05) is 4.90 Å². The highest BCUT2D eigenvalue weighted by Crippen LogP contribution is 2.20. The molecule has 0 unspecified atom stereocenters. The molecule has 5 nitrogen and oxygen atoms in total. The zero-order valence-corrected chi connectivity index (χ0v) is 9.22. The van der Waals surface area contributed by atoms with Crippen LogP contribution >= 0.6 is 0 Å². The Morgan fingerprint density at radius 2 is 2.06 bits per heavy atom. The monoisotopic (exact) mass is 249 g/mol. The number of aromatic nitrogens is 3. The van der Waals surface area contributed by atoms with Crippen molar-refractivity contribution < 1.29 is 13.2 Å². The zero-order valence-electron chi connectivity index (χ0n) is 9.22. The molecule has 0 aromatic carbocycles. The van der Waals surface area contributed by atoms with Crippen LogP contribution in [0.2, 0.25) is 0 Å². The fourth-order valence-electron chi connectivity index (χ4n) is 1.74. The maximum absolute atomic E-state index is 12.1. The van der Waals surface area contributed by atoms with Gasteiger partial charge in [0.05, 0.1) is 0 Å². The molecule has 2 rings (SSSR count). The van der Waals surface area contributed by atoms with Crippen LogP contribution in [0.15, 0.2) is 0 Å². The van der Waals surface area contributed by atoms with E-state index >= 15 is 0 Å². The molecular formula is C9H14F3N5. The van der Waals surface area contributed by atoms with E-state index in [0.717, 1.165) is 26.1 Å². The Hall–Kier alpha value is -1.31. The van der Waals surface area contributed by atoms with E-state index in [-0.39, 0.29) is 5.82 Å². The molecule has 8 heteroatoms. The number of anilines is 1. The second-order valence-corrected chi connectivity index (χ2v) is 3.96. The summed E-state index contributed by atoms with van der Waals surface area (Å²) in [4.78, 5) is 5.76. The van der Waals surface area contributed by atoms with Gasteiger partial charge in [0.25, 0.3) is 0 Å². The molecule has 2 N–H and O–H groups in total. The molecule has 1 saturated heterocycles. The van der Waals surface area contributed by atoms with Crippen LogP contribution in [-0.4, -0.2) is 47.5 Å². The van der Waals surface area contributed by atoms with Crippen molar-refractivity contribution in [2.45, 2.75) is 19.0 Å². The van der Waals surface area contributed by atoms with Crippen LogP contribution in [0.3, 0.4) is 0 Å². The summed E-state index contributed by atoms with van der Waals surface area (Å²) in [5.74, 6) is 0.220. The molecule has 0 bridgehead atoms. The van der Waals surface area contributed by atoms with Gasteiger partial charge in [0.2, 0.25) is 5.95 Å². The summed E-state index contributed by atoms with van der Waals surface area (Å²) in [7, 11) is 0. The summed E-state index contributed by atoms with van der Waals surface area (Å²) in [6.07, 6.45) is -4.38. The molecule has 0 aliphatic carbocycles. The number of nitrogens with one attached hydrogen (secondary N) is 2. The molecule has 0 spiro atoms. The van der Waals surface area contributed by atoms with E-state index in [2.05, 4.69) is 20.5 Å². The molecule has 0 radical (unpaired) electrons. The van der Waals surface area contributed by atoms with Crippen LogP contribution in [0, 0.1) is 0 Å². The minimum absolute atomic E-state index is 0.135. The zero-order chi connectivity index (χ0) is 12.3. The smallest absolute Gasteiger partial charge is 0.338 e. The Morgan fingerprint density at radius 3 is 2.82 bits per heavy atom. The quantitative estimate of drug-likeness (QED) is 0.810. The molecule has 2 heterocycles. The van der Waals surface area contributed by atoms with Gasteiger partial charge in [0.1, 0.15) is 12.2 Å². The molecule has 0 amide bonds. The third kappa shape index (κ3) is 3.58. The van der Waals surface area contributed by atoms with Crippen molar-refractivity contribution in [2.75, 3.05) is 31.1 Å². The van der Waals surface area contributed by atoms with Crippen molar-refractivity contribution in [1.82, 2.24) is 20.5 Å². The van der Waals surface area contributed by atoms with Gasteiger partial charge in [-0.05, 0) is 13.0 Å². The van der Waals surface area contributed by atoms with Gasteiger partial charge in [-0.3, -0.25) is 5.10 Å². The van der Waals surface area contributed by atoms with Crippen molar-refractivity contribution in [3.8, 4) is 0 Å². The van der Waals surface area contributed by atoms with Gasteiger partial charge >= 0.3 is 6.18 Å². The van der Waals surface area contributed by atoms with Crippen LogP contribution in [-0.2, 0) is 6.42 Å². The van der Waals surface area contributed by atoms with E-state index in [0.29, 0.717) is 12.5 Å². The summed E-state index contributed by atoms with van der Waals surface area (Å²) in [6, 6.07) is 0. The lowest BCUT2D eigenvalue weighted by atomic mass is 10.4. The number of halogens is 3. The first-order valence-corrected chi connectivity index (χ1v) is 5.48. The van der Waals surface area contributed by atoms with Gasteiger partial charge in [-0.1, -0.05) is 0 Å². The minimum atomic E-state index is -4.25. The van der Waals surface area contributed by atoms with Crippen molar-refractivity contribution in [1.29, 1.82) is 0 Å². The Bertz CT molecular complexity index is 354. The van der Waals surface area contributed by atoms with Crippen LogP contribution in [0.25, 0.3) is 0 Å². The highest BCUT2D eigenvalue weighted by Gasteiger charge is 2.30. The number of hydrogen-bond acceptors (Lipinski definition) is 4. The SMILES string of the molecule is FC(F)(F)Cc1nc(N2CCCNCC2)n[nH]1. The Kier molecular flexibility index (Phi) is 3.51. The Labute approximate surface area is 96.4 Å². The van der Waals surface area contributed by atoms with Gasteiger partial charge in [0, 0.05) is 19.6 Å². The van der Waals surface area contributed by atoms with Crippen LogP contribution in [0.1, 0.15) is 12.2 Å². The number of rotatable bonds is 2. The number of alkyl halides is 3. The summed E-state index contributed by atoms with van der Waals surface area (Å²) >= 11 is 0. The number of hydrogen-bond donors (Lipinski definition) is 2. The van der Waals surface area contributed by atoms with Gasteiger partial charge < -0.3 is 10.2 Å². The van der Waals surface area contributed by atoms with E-state index in [9.17, 15) is 13.2 Å². The number of aromatic amines is 1. The summed E-state index contributed by atoms with van der Waals surface area (Å²) in [5.41, 5.74) is 0. The lowest BCUT2D eigenvalue weighted by Crippen LogP contribution is -2.28. The molecular weight excluding hydrogens is 235 g/mol. The average Bonchev–Trinajstić information content (AvgIpc) is 2.52. The standard InChI is InChI=1S/C9H14F3N5/c10-9(11,12)6-7-14-8(16-15-7)17-4-1-2-13-3-5-17/h13H,1-6H2,(H,14,15,16). The minimum Gasteiger partial charge on any atom is -0.338 e. The normalized spacial score (nSPS) is 18.2. The number of H-pyrrole nitrogens is 1. The third-order valence-electron chi connectivity index (χ3n) is 2.51. The molecule has 1 aliphatic heterocycles. The highest BCUT2D eigenvalue weighted by molar-refractivity contribution is 5.28. The molecule has 1 aromatic heterocycles. The molecule has 0 saturated carbocycles. The molecule has 1 fully saturated rings. The third-order valence-corrected chi connectivity index (χ3v) is 2.51. The first kappa shape index (κ1) is 12.2. The average molecular weight is 249 g/mol. The second-order valence-electron chi connectivity index (χ2n) is 3.96. The van der Waals surface area contributed by atoms with Gasteiger partial charge in [0.15, 0.2) is 0 Å². The van der Waals surface area contributed by atoms with Crippen LogP contribution in [0.4, 0.5) is 19.1 Å². The van der Waals surface area contributed by atoms with Crippen molar-refractivity contribution in [2.24, 2.45) is 0 Å². The number of nitrogens with zero attached hydrogens (tertiary/aromatic N) is 3. The maximum atomic E-state index is 12.1. The van der Waals surface area contributed by atoms with Crippen molar-refractivity contribution in [3.63, 3.8) is 0 Å². The molecule has 0 atom stereocenters. The predicted octanol–water partition coefficient (Wildman–Crippen LogP) is 0.709. The van der Waals surface area contributed by atoms with Crippen molar-refractivity contribution in [3.05, 3.63) is 5.82 Å². The van der Waals surface area contributed by atoms with E-state index in [1.54, 1.807) is 0 Å². The first-order valence-electron chi connectivity index (χ1n) is 5.48. The lowest BCUT2D eigenvalue weighted by Gasteiger charge is -2.16. The maximum Gasteiger partial charge on any atom is 0.396 e. The van der Waals surface area contributed by atoms with Crippen LogP contribution in [0.5, 0.6) is 0 Å². The Morgan fingerprint density at radius 1 is 1.24 bits per heavy atom. The second kappa shape index (κ2) is 4.91. The summed E-state index contributed by atoms with van der Waals surface area (Å²) < 4.78 is 36.4. The fraction of sp³-hybridized carbons (Fsp3) is 0.778. The van der Waals surface area contributed by atoms with E-state index in [1.165, 1.54) is 0 Å². The van der Waals surface area contributed by atoms with Gasteiger partial charge in [-0.2, -0.15) is 18.2 Å². The molecule has 1 aromatic rings. The van der Waals surface area contributed by atoms with E-state index < -0.39 is 12.6 Å². The molecule has 1 aliphatic rings. The molecule has 17 heavy (non-hydrogen) atoms. The Balaban J connectivity index is 2.01.